The fraction of sp³-hybridized carbons (Fsp3) is 0.0455. The molecule has 0 unspecified atom stereocenters. The van der Waals surface area contributed by atoms with Crippen molar-refractivity contribution in [1.82, 2.24) is 29.5 Å². The lowest BCUT2D eigenvalue weighted by Crippen LogP contribution is -2.16. The van der Waals surface area contributed by atoms with Crippen LogP contribution in [0, 0.1) is 5.82 Å². The van der Waals surface area contributed by atoms with Crippen molar-refractivity contribution in [3.05, 3.63) is 82.9 Å². The highest BCUT2D eigenvalue weighted by molar-refractivity contribution is 7.92. The quantitative estimate of drug-likeness (QED) is 0.299. The predicted molar refractivity (Wildman–Crippen MR) is 135 cm³/mol. The van der Waals surface area contributed by atoms with E-state index in [2.05, 4.69) is 30.2 Å². The smallest absolute Gasteiger partial charge is 0.274 e. The van der Waals surface area contributed by atoms with Gasteiger partial charge in [-0.1, -0.05) is 11.6 Å². The Morgan fingerprint density at radius 1 is 1.08 bits per heavy atom. The van der Waals surface area contributed by atoms with Gasteiger partial charge in [-0.2, -0.15) is 15.2 Å². The number of hydrogen-bond acceptors (Lipinski definition) is 7. The molecule has 15 heteroatoms. The van der Waals surface area contributed by atoms with Crippen molar-refractivity contribution in [2.75, 3.05) is 10.0 Å². The van der Waals surface area contributed by atoms with Crippen LogP contribution in [-0.2, 0) is 17.1 Å². The molecule has 37 heavy (non-hydrogen) atoms. The van der Waals surface area contributed by atoms with Crippen molar-refractivity contribution in [2.45, 2.75) is 4.90 Å². The highest BCUT2D eigenvalue weighted by Crippen LogP contribution is 2.26. The molecule has 0 fully saturated rings. The molecule has 2 N–H and O–H groups in total. The highest BCUT2D eigenvalue weighted by Gasteiger charge is 2.21. The Morgan fingerprint density at radius 2 is 1.86 bits per heavy atom. The second kappa shape index (κ2) is 9.42. The van der Waals surface area contributed by atoms with Crippen molar-refractivity contribution in [3.63, 3.8) is 0 Å². The predicted octanol–water partition coefficient (Wildman–Crippen LogP) is 4.05. The highest BCUT2D eigenvalue weighted by atomic mass is 35.5. The zero-order valence-electron chi connectivity index (χ0n) is 18.7. The number of amides is 1. The Hall–Kier alpha value is -4.07. The number of sulfonamides is 1. The first-order chi connectivity index (χ1) is 17.6. The zero-order chi connectivity index (χ0) is 26.3. The molecule has 5 aromatic rings. The van der Waals surface area contributed by atoms with E-state index in [1.807, 2.05) is 0 Å². The van der Waals surface area contributed by atoms with E-state index in [1.165, 1.54) is 58.3 Å². The number of nitrogens with one attached hydrogen (secondary N) is 2. The van der Waals surface area contributed by atoms with Gasteiger partial charge in [0.05, 0.1) is 28.6 Å². The number of carbonyl (C=O) groups is 1. The summed E-state index contributed by atoms with van der Waals surface area (Å²) in [5.41, 5.74) is 1.12. The molecule has 2 aromatic carbocycles. The van der Waals surface area contributed by atoms with E-state index in [4.69, 9.17) is 23.2 Å². The van der Waals surface area contributed by atoms with Crippen molar-refractivity contribution >= 4 is 61.4 Å². The number of aryl methyl sites for hydroxylation is 1. The van der Waals surface area contributed by atoms with Gasteiger partial charge in [0.25, 0.3) is 15.9 Å². The Balaban J connectivity index is 1.39. The summed E-state index contributed by atoms with van der Waals surface area (Å²) in [4.78, 5) is 20.6. The lowest BCUT2D eigenvalue weighted by Gasteiger charge is -2.07. The number of benzene rings is 2. The van der Waals surface area contributed by atoms with E-state index in [-0.39, 0.29) is 26.6 Å². The van der Waals surface area contributed by atoms with Crippen LogP contribution >= 0.6 is 23.2 Å². The molecule has 3 aromatic heterocycles. The maximum absolute atomic E-state index is 13.4. The zero-order valence-corrected chi connectivity index (χ0v) is 21.1. The maximum Gasteiger partial charge on any atom is 0.274 e. The second-order valence-corrected chi connectivity index (χ2v) is 10.1. The minimum absolute atomic E-state index is 0.00582. The van der Waals surface area contributed by atoms with Crippen LogP contribution in [0.5, 0.6) is 0 Å². The third-order valence-electron chi connectivity index (χ3n) is 5.19. The van der Waals surface area contributed by atoms with Gasteiger partial charge >= 0.3 is 0 Å². The topological polar surface area (TPSA) is 137 Å². The number of hydrogen-bond donors (Lipinski definition) is 2. The van der Waals surface area contributed by atoms with Gasteiger partial charge in [0.15, 0.2) is 5.82 Å². The van der Waals surface area contributed by atoms with Crippen molar-refractivity contribution in [3.8, 4) is 5.82 Å². The molecule has 0 saturated heterocycles. The van der Waals surface area contributed by atoms with Gasteiger partial charge in [-0.15, -0.1) is 0 Å². The molecule has 0 aliphatic carbocycles. The first-order valence-corrected chi connectivity index (χ1v) is 12.6. The van der Waals surface area contributed by atoms with Gasteiger partial charge in [0.2, 0.25) is 5.28 Å². The first kappa shape index (κ1) is 24.6. The summed E-state index contributed by atoms with van der Waals surface area (Å²) >= 11 is 11.6. The van der Waals surface area contributed by atoms with Crippen LogP contribution in [0.15, 0.2) is 66.0 Å². The molecule has 0 aliphatic heterocycles. The molecule has 0 aliphatic rings. The van der Waals surface area contributed by atoms with Crippen LogP contribution in [0.3, 0.4) is 0 Å². The largest absolute Gasteiger partial charge is 0.321 e. The van der Waals surface area contributed by atoms with Crippen LogP contribution < -0.4 is 10.0 Å². The van der Waals surface area contributed by atoms with Gasteiger partial charge in [0, 0.05) is 30.4 Å². The average molecular weight is 561 g/mol. The SMILES string of the molecule is Cn1nc2cc(NS(=O)(=O)c3cnn(-c4ccnc(Cl)n4)c3)ccc2c1C(=O)Nc1ccc(F)c(Cl)c1. The molecule has 11 nitrogen and oxygen atoms in total. The summed E-state index contributed by atoms with van der Waals surface area (Å²) in [7, 11) is -2.44. The number of halogens is 3. The third kappa shape index (κ3) is 4.96. The van der Waals surface area contributed by atoms with Gasteiger partial charge in [-0.25, -0.2) is 22.5 Å². The molecular formula is C22H15Cl2FN8O3S. The Bertz CT molecular complexity index is 1790. The number of carbonyl (C=O) groups excluding carboxylic acids is 1. The standard InChI is InChI=1S/C22H15Cl2FN8O3S/c1-32-20(21(34)28-12-3-5-17(25)16(23)8-12)15-4-2-13(9-18(15)30-32)31-37(35,36)14-10-27-33(11-14)19-6-7-26-22(24)29-19/h2-11,31H,1H3,(H,28,34). The third-order valence-corrected chi connectivity index (χ3v) is 7.00. The minimum atomic E-state index is -4.01. The average Bonchev–Trinajstić information content (AvgIpc) is 3.46. The van der Waals surface area contributed by atoms with Crippen LogP contribution in [0.25, 0.3) is 16.7 Å². The van der Waals surface area contributed by atoms with E-state index in [0.29, 0.717) is 22.4 Å². The minimum Gasteiger partial charge on any atom is -0.321 e. The molecule has 3 heterocycles. The number of anilines is 2. The summed E-state index contributed by atoms with van der Waals surface area (Å²) in [6.07, 6.45) is 3.87. The lowest BCUT2D eigenvalue weighted by molar-refractivity contribution is 0.101. The molecule has 5 rings (SSSR count). The van der Waals surface area contributed by atoms with Crippen LogP contribution in [-0.4, -0.2) is 43.9 Å². The van der Waals surface area contributed by atoms with Gasteiger partial charge in [0.1, 0.15) is 16.4 Å². The molecule has 188 valence electrons. The molecule has 0 bridgehead atoms. The number of rotatable bonds is 6. The van der Waals surface area contributed by atoms with E-state index >= 15 is 0 Å². The number of aromatic nitrogens is 6. The molecule has 0 atom stereocenters. The summed E-state index contributed by atoms with van der Waals surface area (Å²) in [6.45, 7) is 0. The normalized spacial score (nSPS) is 11.6. The Labute approximate surface area is 218 Å². The Morgan fingerprint density at radius 3 is 2.62 bits per heavy atom. The fourth-order valence-electron chi connectivity index (χ4n) is 3.54. The van der Waals surface area contributed by atoms with Gasteiger partial charge < -0.3 is 5.32 Å². The van der Waals surface area contributed by atoms with E-state index < -0.39 is 21.7 Å². The van der Waals surface area contributed by atoms with E-state index in [9.17, 15) is 17.6 Å². The van der Waals surface area contributed by atoms with Gasteiger partial charge in [-0.3, -0.25) is 14.2 Å². The summed E-state index contributed by atoms with van der Waals surface area (Å²) < 4.78 is 44.4. The first-order valence-electron chi connectivity index (χ1n) is 10.4. The monoisotopic (exact) mass is 560 g/mol. The van der Waals surface area contributed by atoms with Crippen molar-refractivity contribution in [1.29, 1.82) is 0 Å². The molecule has 0 saturated carbocycles. The summed E-state index contributed by atoms with van der Waals surface area (Å²) in [5, 5.41) is 11.3. The van der Waals surface area contributed by atoms with E-state index in [0.717, 1.165) is 6.07 Å². The molecular weight excluding hydrogens is 546 g/mol. The van der Waals surface area contributed by atoms with Crippen LogP contribution in [0.2, 0.25) is 10.3 Å². The number of fused-ring (bicyclic) bond motifs is 1. The van der Waals surface area contributed by atoms with Gasteiger partial charge in [-0.05, 0) is 48.0 Å². The van der Waals surface area contributed by atoms with Crippen molar-refractivity contribution < 1.29 is 17.6 Å². The lowest BCUT2D eigenvalue weighted by atomic mass is 10.2. The summed E-state index contributed by atoms with van der Waals surface area (Å²) in [6, 6.07) is 9.90. The fourth-order valence-corrected chi connectivity index (χ4v) is 4.84. The van der Waals surface area contributed by atoms with Crippen LogP contribution in [0.1, 0.15) is 10.5 Å². The maximum atomic E-state index is 13.4. The Kier molecular flexibility index (Phi) is 6.27. The number of nitrogens with zero attached hydrogens (tertiary/aromatic N) is 6. The molecule has 0 spiro atoms. The second-order valence-electron chi connectivity index (χ2n) is 7.70. The van der Waals surface area contributed by atoms with Crippen molar-refractivity contribution in [2.24, 2.45) is 7.05 Å². The van der Waals surface area contributed by atoms with Crippen LogP contribution in [0.4, 0.5) is 15.8 Å². The summed E-state index contributed by atoms with van der Waals surface area (Å²) in [5.74, 6) is -0.810. The van der Waals surface area contributed by atoms with E-state index in [1.54, 1.807) is 13.1 Å². The molecule has 1 amide bonds. The molecule has 0 radical (unpaired) electrons.